The average molecular weight is 285 g/mol. The predicted molar refractivity (Wildman–Crippen MR) is 65.6 cm³/mol. The van der Waals surface area contributed by atoms with E-state index in [0.717, 1.165) is 7.11 Å². The molecule has 0 saturated carbocycles. The van der Waals surface area contributed by atoms with Gasteiger partial charge in [-0.1, -0.05) is 6.07 Å². The Morgan fingerprint density at radius 3 is 2.84 bits per heavy atom. The first-order valence-corrected chi connectivity index (χ1v) is 6.43. The van der Waals surface area contributed by atoms with Crippen LogP contribution in [0.2, 0.25) is 0 Å². The smallest absolute Gasteiger partial charge is 0.422 e. The molecule has 19 heavy (non-hydrogen) atoms. The third-order valence-electron chi connectivity index (χ3n) is 1.79. The van der Waals surface area contributed by atoms with Gasteiger partial charge in [0.05, 0.1) is 12.8 Å². The molecule has 0 spiro atoms. The Kier molecular flexibility index (Phi) is 4.96. The third kappa shape index (κ3) is 5.13. The van der Waals surface area contributed by atoms with Crippen LogP contribution in [0.25, 0.3) is 0 Å². The summed E-state index contributed by atoms with van der Waals surface area (Å²) in [5, 5.41) is 8.36. The third-order valence-corrected chi connectivity index (χ3v) is 2.73. The van der Waals surface area contributed by atoms with E-state index in [-0.39, 0.29) is 12.3 Å². The van der Waals surface area contributed by atoms with Crippen LogP contribution in [0.3, 0.4) is 0 Å². The molecular weight excluding hydrogens is 274 g/mol. The molecule has 0 heterocycles. The zero-order valence-electron chi connectivity index (χ0n) is 9.91. The number of rotatable bonds is 5. The highest BCUT2D eigenvalue weighted by molar-refractivity contribution is 7.91. The minimum absolute atomic E-state index is 0.156. The molecule has 0 unspecified atom stereocenters. The number of methoxy groups -OCH3 is 1. The van der Waals surface area contributed by atoms with Crippen LogP contribution >= 0.6 is 0 Å². The Labute approximate surface area is 110 Å². The highest BCUT2D eigenvalue weighted by Gasteiger charge is 2.14. The summed E-state index contributed by atoms with van der Waals surface area (Å²) in [4.78, 5) is 10.8. The normalized spacial score (nSPS) is 10.1. The van der Waals surface area contributed by atoms with Crippen molar-refractivity contribution in [3.8, 4) is 11.8 Å². The number of benzene rings is 1. The van der Waals surface area contributed by atoms with Gasteiger partial charge in [0.1, 0.15) is 11.8 Å². The second-order valence-electron chi connectivity index (χ2n) is 3.17. The van der Waals surface area contributed by atoms with Crippen molar-refractivity contribution in [3.05, 3.63) is 24.3 Å². The Bertz CT molecular complexity index is 593. The first-order valence-electron chi connectivity index (χ1n) is 4.95. The van der Waals surface area contributed by atoms with Crippen molar-refractivity contribution in [2.45, 2.75) is 0 Å². The van der Waals surface area contributed by atoms with Crippen molar-refractivity contribution < 1.29 is 22.7 Å². The van der Waals surface area contributed by atoms with E-state index in [1.807, 2.05) is 0 Å². The fourth-order valence-electron chi connectivity index (χ4n) is 1.10. The molecule has 0 atom stereocenters. The van der Waals surface area contributed by atoms with E-state index in [1.165, 1.54) is 18.2 Å². The molecule has 0 radical (unpaired) electrons. The molecule has 1 rings (SSSR count). The van der Waals surface area contributed by atoms with E-state index >= 15 is 0 Å². The van der Waals surface area contributed by atoms with Crippen molar-refractivity contribution in [2.75, 3.05) is 18.4 Å². The van der Waals surface area contributed by atoms with Crippen molar-refractivity contribution in [1.29, 1.82) is 5.26 Å². The van der Waals surface area contributed by atoms with Crippen molar-refractivity contribution >= 4 is 22.0 Å². The lowest BCUT2D eigenvalue weighted by atomic mass is 10.3. The van der Waals surface area contributed by atoms with Gasteiger partial charge in [-0.3, -0.25) is 4.72 Å². The maximum Gasteiger partial charge on any atom is 0.422 e. The van der Waals surface area contributed by atoms with Gasteiger partial charge in [0.25, 0.3) is 0 Å². The largest absolute Gasteiger partial charge is 0.479 e. The molecule has 8 nitrogen and oxygen atoms in total. The topological polar surface area (TPSA) is 118 Å². The summed E-state index contributed by atoms with van der Waals surface area (Å²) >= 11 is 0. The molecule has 0 saturated heterocycles. The Morgan fingerprint density at radius 1 is 1.47 bits per heavy atom. The quantitative estimate of drug-likeness (QED) is 0.818. The minimum atomic E-state index is -4.08. The summed E-state index contributed by atoms with van der Waals surface area (Å²) in [6.07, 6.45) is -1.11. The molecule has 0 fully saturated rings. The zero-order chi connectivity index (χ0) is 14.3. The van der Waals surface area contributed by atoms with Gasteiger partial charge in [-0.15, -0.1) is 0 Å². The summed E-state index contributed by atoms with van der Waals surface area (Å²) in [6, 6.07) is 7.70. The fraction of sp³-hybridized carbons (Fsp3) is 0.200. The van der Waals surface area contributed by atoms with E-state index in [0.29, 0.717) is 5.75 Å². The molecule has 1 aromatic rings. The standard InChI is InChI=1S/C10H11N3O5S/c1-17-10(14)13-19(15,16)12-8-3-2-4-9(7-8)18-6-5-11/h2-4,7,12H,6H2,1H3,(H,13,14). The van der Waals surface area contributed by atoms with E-state index in [4.69, 9.17) is 10.00 Å². The summed E-state index contributed by atoms with van der Waals surface area (Å²) in [6.45, 7) is -0.156. The molecule has 102 valence electrons. The number of nitrogens with zero attached hydrogens (tertiary/aromatic N) is 1. The van der Waals surface area contributed by atoms with Crippen molar-refractivity contribution in [1.82, 2.24) is 4.72 Å². The molecule has 0 aliphatic carbocycles. The van der Waals surface area contributed by atoms with Gasteiger partial charge in [-0.2, -0.15) is 13.7 Å². The molecule has 1 aromatic carbocycles. The number of amides is 1. The second-order valence-corrected chi connectivity index (χ2v) is 4.59. The highest BCUT2D eigenvalue weighted by atomic mass is 32.2. The van der Waals surface area contributed by atoms with Gasteiger partial charge < -0.3 is 9.47 Å². The number of carbonyl (C=O) groups is 1. The molecule has 2 N–H and O–H groups in total. The van der Waals surface area contributed by atoms with Gasteiger partial charge in [0, 0.05) is 6.07 Å². The Morgan fingerprint density at radius 2 is 2.21 bits per heavy atom. The molecule has 0 bridgehead atoms. The zero-order valence-corrected chi connectivity index (χ0v) is 10.7. The summed E-state index contributed by atoms with van der Waals surface area (Å²) in [5.74, 6) is 0.319. The van der Waals surface area contributed by atoms with Gasteiger partial charge in [0.2, 0.25) is 0 Å². The monoisotopic (exact) mass is 285 g/mol. The lowest BCUT2D eigenvalue weighted by Crippen LogP contribution is -2.35. The Balaban J connectivity index is 2.76. The van der Waals surface area contributed by atoms with Crippen LogP contribution in [0.1, 0.15) is 0 Å². The summed E-state index contributed by atoms with van der Waals surface area (Å²) in [5.41, 5.74) is 0.173. The van der Waals surface area contributed by atoms with Crippen LogP contribution in [0.4, 0.5) is 10.5 Å². The number of nitrogens with one attached hydrogen (secondary N) is 2. The van der Waals surface area contributed by atoms with Crippen LogP contribution in [-0.2, 0) is 14.9 Å². The lowest BCUT2D eigenvalue weighted by Gasteiger charge is -2.09. The summed E-state index contributed by atoms with van der Waals surface area (Å²) < 4.78 is 35.9. The maximum absolute atomic E-state index is 11.5. The van der Waals surface area contributed by atoms with E-state index in [1.54, 1.807) is 16.9 Å². The van der Waals surface area contributed by atoms with Crippen molar-refractivity contribution in [2.24, 2.45) is 0 Å². The molecule has 0 aliphatic heterocycles. The average Bonchev–Trinajstić information content (AvgIpc) is 2.35. The molecular formula is C10H11N3O5S. The SMILES string of the molecule is COC(=O)NS(=O)(=O)Nc1cccc(OCC#N)c1. The lowest BCUT2D eigenvalue weighted by molar-refractivity contribution is 0.177. The molecule has 1 amide bonds. The van der Waals surface area contributed by atoms with Crippen molar-refractivity contribution in [3.63, 3.8) is 0 Å². The van der Waals surface area contributed by atoms with Crippen LogP contribution in [-0.4, -0.2) is 28.2 Å². The number of hydrogen-bond acceptors (Lipinski definition) is 6. The van der Waals surface area contributed by atoms with E-state index in [9.17, 15) is 13.2 Å². The molecule has 9 heteroatoms. The second kappa shape index (κ2) is 6.46. The van der Waals surface area contributed by atoms with Crippen LogP contribution < -0.4 is 14.2 Å². The maximum atomic E-state index is 11.5. The van der Waals surface area contributed by atoms with Crippen LogP contribution in [0.5, 0.6) is 5.75 Å². The van der Waals surface area contributed by atoms with Gasteiger partial charge in [-0.25, -0.2) is 9.52 Å². The molecule has 0 aliphatic rings. The van der Waals surface area contributed by atoms with Gasteiger partial charge in [0.15, 0.2) is 6.61 Å². The first-order chi connectivity index (χ1) is 8.96. The van der Waals surface area contributed by atoms with E-state index in [2.05, 4.69) is 9.46 Å². The number of nitriles is 1. The summed E-state index contributed by atoms with van der Waals surface area (Å²) in [7, 11) is -3.04. The minimum Gasteiger partial charge on any atom is -0.479 e. The van der Waals surface area contributed by atoms with Gasteiger partial charge in [-0.05, 0) is 12.1 Å². The highest BCUT2D eigenvalue weighted by Crippen LogP contribution is 2.17. The number of carbonyl (C=O) groups excluding carboxylic acids is 1. The van der Waals surface area contributed by atoms with Crippen LogP contribution in [0.15, 0.2) is 24.3 Å². The Hall–Kier alpha value is -2.47. The van der Waals surface area contributed by atoms with Crippen LogP contribution in [0, 0.1) is 11.3 Å². The number of ether oxygens (including phenoxy) is 2. The number of anilines is 1. The van der Waals surface area contributed by atoms with Gasteiger partial charge >= 0.3 is 16.3 Å². The fourth-order valence-corrected chi connectivity index (χ4v) is 1.89. The first kappa shape index (κ1) is 14.6. The van der Waals surface area contributed by atoms with E-state index < -0.39 is 16.3 Å². The predicted octanol–water partition coefficient (Wildman–Crippen LogP) is 0.602. The molecule has 0 aromatic heterocycles. The number of hydrogen-bond donors (Lipinski definition) is 2.